The van der Waals surface area contributed by atoms with Crippen LogP contribution in [0.4, 0.5) is 8.78 Å². The van der Waals surface area contributed by atoms with Crippen molar-refractivity contribution in [3.8, 4) is 5.75 Å². The fourth-order valence-electron chi connectivity index (χ4n) is 9.28. The highest BCUT2D eigenvalue weighted by atomic mass is 19.3. The Bertz CT molecular complexity index is 1690. The summed E-state index contributed by atoms with van der Waals surface area (Å²) in [7, 11) is 0. The number of ketones is 1. The predicted octanol–water partition coefficient (Wildman–Crippen LogP) is 9.09. The fourth-order valence-corrected chi connectivity index (χ4v) is 9.28. The van der Waals surface area contributed by atoms with Gasteiger partial charge in [0.05, 0.1) is 12.2 Å². The zero-order chi connectivity index (χ0) is 32.7. The van der Waals surface area contributed by atoms with Crippen molar-refractivity contribution in [1.29, 1.82) is 0 Å². The Hall–Kier alpha value is -3.16. The maximum Gasteiger partial charge on any atom is 0.263 e. The number of benzene rings is 1. The lowest BCUT2D eigenvalue weighted by atomic mass is 9.67. The summed E-state index contributed by atoms with van der Waals surface area (Å²) in [6, 6.07) is 6.81. The van der Waals surface area contributed by atoms with Gasteiger partial charge in [0.2, 0.25) is 5.92 Å². The van der Waals surface area contributed by atoms with Crippen molar-refractivity contribution in [1.82, 2.24) is 14.5 Å². The number of aryl methyl sites for hydroxylation is 3. The smallest absolute Gasteiger partial charge is 0.263 e. The predicted molar refractivity (Wildman–Crippen MR) is 180 cm³/mol. The Balaban J connectivity index is 1.05. The summed E-state index contributed by atoms with van der Waals surface area (Å²) in [5, 5.41) is 0.786. The van der Waals surface area contributed by atoms with Crippen LogP contribution in [0.3, 0.4) is 0 Å². The van der Waals surface area contributed by atoms with E-state index in [-0.39, 0.29) is 41.7 Å². The van der Waals surface area contributed by atoms with Crippen molar-refractivity contribution in [3.05, 3.63) is 62.8 Å². The molecule has 0 N–H and O–H groups in total. The monoisotopic (exact) mass is 645 g/mol. The van der Waals surface area contributed by atoms with Gasteiger partial charge >= 0.3 is 0 Å². The van der Waals surface area contributed by atoms with Crippen LogP contribution in [0.15, 0.2) is 29.2 Å². The number of halogens is 2. The van der Waals surface area contributed by atoms with Crippen molar-refractivity contribution < 1.29 is 18.3 Å². The Kier molecular flexibility index (Phi) is 9.23. The van der Waals surface area contributed by atoms with Crippen LogP contribution in [0.1, 0.15) is 142 Å². The standard InChI is InChI=1S/C39H49F2N3O3/c1-24-33-22-42-35(43-37(33)44(31-12-6-7-13-31)38(46)36(24)25(2)45)14-8-9-26-15-16-32-29-11-5-3-4-10-28(30-20-39(40,41)21-30)17-27(18-29)23-47-34(32)19-26/h15-16,19,22,27-31H,3-14,17-18,20-21,23H2,1-2H3/t27-,28?,29?/m0/s1. The molecule has 3 saturated carbocycles. The number of alkyl halides is 2. The maximum atomic E-state index is 13.7. The van der Waals surface area contributed by atoms with Crippen LogP contribution in [-0.4, -0.2) is 32.8 Å². The third-order valence-electron chi connectivity index (χ3n) is 11.8. The van der Waals surface area contributed by atoms with Crippen molar-refractivity contribution in [2.75, 3.05) is 6.61 Å². The Morgan fingerprint density at radius 2 is 1.77 bits per heavy atom. The molecule has 3 aliphatic carbocycles. The number of Topliss-reactive ketones (excluding diaryl/α,β-unsaturated/α-hetero) is 1. The molecule has 2 aromatic heterocycles. The molecular formula is C39H49F2N3O3. The first kappa shape index (κ1) is 32.4. The largest absolute Gasteiger partial charge is 0.493 e. The van der Waals surface area contributed by atoms with Crippen LogP contribution < -0.4 is 10.3 Å². The fraction of sp³-hybridized carbons (Fsp3) is 0.641. The number of ether oxygens (including phenoxy) is 1. The van der Waals surface area contributed by atoms with E-state index < -0.39 is 5.92 Å². The lowest BCUT2D eigenvalue weighted by Crippen LogP contribution is -2.40. The van der Waals surface area contributed by atoms with Gasteiger partial charge in [-0.05, 0) is 105 Å². The Labute approximate surface area is 276 Å². The van der Waals surface area contributed by atoms with Crippen molar-refractivity contribution in [2.24, 2.45) is 17.8 Å². The minimum atomic E-state index is -2.45. The summed E-state index contributed by atoms with van der Waals surface area (Å²) in [5.41, 5.74) is 3.91. The number of fused-ring (bicyclic) bond motifs is 5. The molecule has 0 spiro atoms. The molecule has 2 unspecified atom stereocenters. The number of carbonyl (C=O) groups excluding carboxylic acids is 1. The van der Waals surface area contributed by atoms with Gasteiger partial charge in [0.1, 0.15) is 17.2 Å². The van der Waals surface area contributed by atoms with E-state index in [1.807, 2.05) is 6.92 Å². The number of hydrogen-bond donors (Lipinski definition) is 0. The van der Waals surface area contributed by atoms with Gasteiger partial charge in [-0.3, -0.25) is 14.2 Å². The third kappa shape index (κ3) is 6.76. The first-order chi connectivity index (χ1) is 22.7. The van der Waals surface area contributed by atoms with Crippen molar-refractivity contribution in [3.63, 3.8) is 0 Å². The number of carbonyl (C=O) groups is 1. The highest BCUT2D eigenvalue weighted by molar-refractivity contribution is 5.99. The molecule has 8 heteroatoms. The molecule has 6 nitrogen and oxygen atoms in total. The molecule has 0 amide bonds. The molecule has 2 bridgehead atoms. The summed E-state index contributed by atoms with van der Waals surface area (Å²) in [6.07, 6.45) is 16.2. The van der Waals surface area contributed by atoms with Gasteiger partial charge in [-0.25, -0.2) is 18.7 Å². The SMILES string of the molecule is CC(=O)c1c(C)c2cnc(CCCc3ccc4c(c3)OC[C@@H]3CC4CCCCCC(C4CC(F)(F)C4)C3)nc2n(C2CCCC2)c1=O. The highest BCUT2D eigenvalue weighted by Crippen LogP contribution is 2.50. The van der Waals surface area contributed by atoms with E-state index in [1.54, 1.807) is 10.8 Å². The lowest BCUT2D eigenvalue weighted by molar-refractivity contribution is -0.129. The highest BCUT2D eigenvalue weighted by Gasteiger charge is 2.48. The molecule has 252 valence electrons. The molecule has 3 atom stereocenters. The summed E-state index contributed by atoms with van der Waals surface area (Å²) in [4.78, 5) is 35.6. The summed E-state index contributed by atoms with van der Waals surface area (Å²) < 4.78 is 35.8. The van der Waals surface area contributed by atoms with Gasteiger partial charge in [-0.15, -0.1) is 0 Å². The van der Waals surface area contributed by atoms with Crippen molar-refractivity contribution >= 4 is 16.8 Å². The Morgan fingerprint density at radius 3 is 2.53 bits per heavy atom. The topological polar surface area (TPSA) is 74.1 Å². The minimum Gasteiger partial charge on any atom is -0.493 e. The van der Waals surface area contributed by atoms with Crippen LogP contribution in [0, 0.1) is 24.7 Å². The van der Waals surface area contributed by atoms with E-state index in [0.29, 0.717) is 42.0 Å². The molecule has 3 heterocycles. The summed E-state index contributed by atoms with van der Waals surface area (Å²) >= 11 is 0. The molecule has 1 aliphatic heterocycles. The molecular weight excluding hydrogens is 596 g/mol. The molecule has 47 heavy (non-hydrogen) atoms. The first-order valence-corrected chi connectivity index (χ1v) is 18.2. The average molecular weight is 646 g/mol. The third-order valence-corrected chi connectivity index (χ3v) is 11.8. The van der Waals surface area contributed by atoms with Gasteiger partial charge in [0.25, 0.3) is 5.56 Å². The van der Waals surface area contributed by atoms with E-state index in [9.17, 15) is 18.4 Å². The normalized spacial score (nSPS) is 25.1. The number of aromatic nitrogens is 3. The average Bonchev–Trinajstić information content (AvgIpc) is 3.50. The van der Waals surface area contributed by atoms with Gasteiger partial charge in [-0.1, -0.05) is 50.7 Å². The van der Waals surface area contributed by atoms with E-state index >= 15 is 0 Å². The van der Waals surface area contributed by atoms with Gasteiger partial charge in [-0.2, -0.15) is 0 Å². The second-order valence-corrected chi connectivity index (χ2v) is 15.2. The molecule has 4 aliphatic rings. The second-order valence-electron chi connectivity index (χ2n) is 15.2. The van der Waals surface area contributed by atoms with Gasteiger partial charge < -0.3 is 4.74 Å². The molecule has 7 rings (SSSR count). The van der Waals surface area contributed by atoms with Crippen LogP contribution in [0.25, 0.3) is 11.0 Å². The Morgan fingerprint density at radius 1 is 1.00 bits per heavy atom. The maximum absolute atomic E-state index is 13.7. The van der Waals surface area contributed by atoms with E-state index in [4.69, 9.17) is 9.72 Å². The molecule has 0 saturated heterocycles. The number of nitrogens with zero attached hydrogens (tertiary/aromatic N) is 3. The van der Waals surface area contributed by atoms with E-state index in [1.165, 1.54) is 30.9 Å². The van der Waals surface area contributed by atoms with Gasteiger partial charge in [0.15, 0.2) is 5.78 Å². The van der Waals surface area contributed by atoms with E-state index in [0.717, 1.165) is 87.6 Å². The lowest BCUT2D eigenvalue weighted by Gasteiger charge is -2.41. The number of rotatable bonds is 7. The molecule has 3 aromatic rings. The quantitative estimate of drug-likeness (QED) is 0.240. The van der Waals surface area contributed by atoms with Crippen LogP contribution in [0.5, 0.6) is 5.75 Å². The van der Waals surface area contributed by atoms with Crippen LogP contribution in [0.2, 0.25) is 0 Å². The van der Waals surface area contributed by atoms with Crippen molar-refractivity contribution in [2.45, 2.75) is 134 Å². The molecule has 1 aromatic carbocycles. The van der Waals surface area contributed by atoms with Gasteiger partial charge in [0, 0.05) is 36.9 Å². The second kappa shape index (κ2) is 13.4. The zero-order valence-corrected chi connectivity index (χ0v) is 28.0. The first-order valence-electron chi connectivity index (χ1n) is 18.2. The summed E-state index contributed by atoms with van der Waals surface area (Å²) in [5.74, 6) is 0.497. The summed E-state index contributed by atoms with van der Waals surface area (Å²) in [6.45, 7) is 3.97. The number of hydrogen-bond acceptors (Lipinski definition) is 5. The van der Waals surface area contributed by atoms with E-state index in [2.05, 4.69) is 23.2 Å². The van der Waals surface area contributed by atoms with Crippen LogP contribution in [-0.2, 0) is 12.8 Å². The number of pyridine rings is 1. The van der Waals surface area contributed by atoms with Crippen LogP contribution >= 0.6 is 0 Å². The minimum absolute atomic E-state index is 0.0710. The zero-order valence-electron chi connectivity index (χ0n) is 28.0. The molecule has 0 radical (unpaired) electrons. The molecule has 3 fully saturated rings.